The maximum Gasteiger partial charge on any atom is 0.326 e. The number of carbonyl (C=O) groups excluding carboxylic acids is 1. The summed E-state index contributed by atoms with van der Waals surface area (Å²) < 4.78 is 0. The molecule has 0 bridgehead atoms. The quantitative estimate of drug-likeness (QED) is 0.649. The number of aromatic amines is 1. The fourth-order valence-corrected chi connectivity index (χ4v) is 2.56. The van der Waals surface area contributed by atoms with Crippen molar-refractivity contribution in [3.8, 4) is 0 Å². The van der Waals surface area contributed by atoms with Crippen molar-refractivity contribution in [3.05, 3.63) is 40.6 Å². The van der Waals surface area contributed by atoms with Crippen LogP contribution in [0.15, 0.2) is 30.0 Å². The highest BCUT2D eigenvalue weighted by Gasteiger charge is 2.22. The number of hydrogen-bond acceptors (Lipinski definition) is 4. The van der Waals surface area contributed by atoms with Crippen molar-refractivity contribution in [1.29, 1.82) is 0 Å². The van der Waals surface area contributed by atoms with Gasteiger partial charge < -0.3 is 20.7 Å². The number of thiophene rings is 1. The Labute approximate surface area is 125 Å². The van der Waals surface area contributed by atoms with Gasteiger partial charge in [0.1, 0.15) is 6.04 Å². The highest BCUT2D eigenvalue weighted by molar-refractivity contribution is 7.10. The molecule has 0 aliphatic carbocycles. The van der Waals surface area contributed by atoms with Crippen molar-refractivity contribution < 1.29 is 14.7 Å². The first kappa shape index (κ1) is 15.0. The molecule has 0 radical (unpaired) electrons. The van der Waals surface area contributed by atoms with Gasteiger partial charge in [0.25, 0.3) is 0 Å². The molecule has 2 aromatic rings. The number of rotatable bonds is 6. The molecule has 0 saturated carbocycles. The number of H-pyrrole nitrogens is 1. The zero-order valence-corrected chi connectivity index (χ0v) is 12.2. The molecule has 0 aliphatic rings. The maximum absolute atomic E-state index is 11.9. The van der Waals surface area contributed by atoms with Crippen molar-refractivity contribution in [2.24, 2.45) is 0 Å². The zero-order valence-electron chi connectivity index (χ0n) is 11.4. The Hall–Kier alpha value is -2.35. The van der Waals surface area contributed by atoms with Crippen molar-refractivity contribution in [3.63, 3.8) is 0 Å². The minimum Gasteiger partial charge on any atom is -0.480 e. The number of aliphatic carboxylic acids is 1. The smallest absolute Gasteiger partial charge is 0.326 e. The number of nitrogens with one attached hydrogen (secondary N) is 3. The topological polar surface area (TPSA) is 107 Å². The number of carboxylic acid groups (broad SMARTS) is 1. The summed E-state index contributed by atoms with van der Waals surface area (Å²) in [5.41, 5.74) is 0.647. The van der Waals surface area contributed by atoms with Crippen LogP contribution in [0.4, 0.5) is 4.79 Å². The molecule has 2 rings (SSSR count). The van der Waals surface area contributed by atoms with Crippen LogP contribution in [0.5, 0.6) is 0 Å². The molecule has 4 N–H and O–H groups in total. The summed E-state index contributed by atoms with van der Waals surface area (Å²) in [4.78, 5) is 30.7. The SMILES string of the molecule is CC(NC(=O)N[C@@H](Cc1cnc[nH]1)C(=O)O)c1cccs1. The summed E-state index contributed by atoms with van der Waals surface area (Å²) in [7, 11) is 0. The normalized spacial score (nSPS) is 13.4. The summed E-state index contributed by atoms with van der Waals surface area (Å²) in [6.45, 7) is 1.84. The fraction of sp³-hybridized carbons (Fsp3) is 0.308. The second kappa shape index (κ2) is 6.89. The van der Waals surface area contributed by atoms with E-state index in [1.54, 1.807) is 0 Å². The minimum atomic E-state index is -1.09. The monoisotopic (exact) mass is 308 g/mol. The van der Waals surface area contributed by atoms with Gasteiger partial charge in [-0.05, 0) is 18.4 Å². The van der Waals surface area contributed by atoms with E-state index in [4.69, 9.17) is 5.11 Å². The second-order valence-electron chi connectivity index (χ2n) is 4.53. The van der Waals surface area contributed by atoms with Gasteiger partial charge in [-0.2, -0.15) is 0 Å². The van der Waals surface area contributed by atoms with E-state index in [2.05, 4.69) is 20.6 Å². The predicted molar refractivity (Wildman–Crippen MR) is 78.1 cm³/mol. The lowest BCUT2D eigenvalue weighted by atomic mass is 10.1. The van der Waals surface area contributed by atoms with Gasteiger partial charge in [0.05, 0.1) is 12.4 Å². The highest BCUT2D eigenvalue weighted by Crippen LogP contribution is 2.17. The van der Waals surface area contributed by atoms with Gasteiger partial charge in [-0.1, -0.05) is 6.07 Å². The molecule has 7 nitrogen and oxygen atoms in total. The van der Waals surface area contributed by atoms with E-state index in [0.29, 0.717) is 5.69 Å². The summed E-state index contributed by atoms with van der Waals surface area (Å²) in [6.07, 6.45) is 3.15. The first-order valence-corrected chi connectivity index (χ1v) is 7.24. The van der Waals surface area contributed by atoms with E-state index < -0.39 is 18.0 Å². The largest absolute Gasteiger partial charge is 0.480 e. The fourth-order valence-electron chi connectivity index (χ4n) is 1.82. The first-order valence-electron chi connectivity index (χ1n) is 6.36. The van der Waals surface area contributed by atoms with Crippen LogP contribution in [0.1, 0.15) is 23.5 Å². The molecule has 0 fully saturated rings. The molecule has 0 aromatic carbocycles. The average molecular weight is 308 g/mol. The molecule has 2 amide bonds. The summed E-state index contributed by atoms with van der Waals surface area (Å²) in [6, 6.07) is 2.11. The molecule has 8 heteroatoms. The molecule has 0 saturated heterocycles. The van der Waals surface area contributed by atoms with Gasteiger partial charge in [-0.25, -0.2) is 14.6 Å². The molecule has 1 unspecified atom stereocenters. The van der Waals surface area contributed by atoms with Crippen LogP contribution in [-0.4, -0.2) is 33.1 Å². The van der Waals surface area contributed by atoms with Crippen LogP contribution >= 0.6 is 11.3 Å². The van der Waals surface area contributed by atoms with Crippen LogP contribution in [0, 0.1) is 0 Å². The van der Waals surface area contributed by atoms with E-state index >= 15 is 0 Å². The molecular formula is C13H16N4O3S. The summed E-state index contributed by atoms with van der Waals surface area (Å²) >= 11 is 1.53. The summed E-state index contributed by atoms with van der Waals surface area (Å²) in [5.74, 6) is -1.09. The van der Waals surface area contributed by atoms with Crippen LogP contribution in [0.3, 0.4) is 0 Å². The van der Waals surface area contributed by atoms with Crippen molar-refractivity contribution in [1.82, 2.24) is 20.6 Å². The molecule has 2 aromatic heterocycles. The van der Waals surface area contributed by atoms with Gasteiger partial charge in [-0.3, -0.25) is 0 Å². The lowest BCUT2D eigenvalue weighted by Crippen LogP contribution is -2.47. The standard InChI is InChI=1S/C13H16N4O3S/c1-8(11-3-2-4-21-11)16-13(20)17-10(12(18)19)5-9-6-14-7-15-9/h2-4,6-8,10H,5H2,1H3,(H,14,15)(H,18,19)(H2,16,17,20)/t8?,10-/m0/s1. The van der Waals surface area contributed by atoms with Gasteiger partial charge >= 0.3 is 12.0 Å². The third kappa shape index (κ3) is 4.32. The van der Waals surface area contributed by atoms with Crippen LogP contribution < -0.4 is 10.6 Å². The van der Waals surface area contributed by atoms with Gasteiger partial charge in [-0.15, -0.1) is 11.3 Å². The number of hydrogen-bond donors (Lipinski definition) is 4. The molecule has 21 heavy (non-hydrogen) atoms. The molecule has 0 aliphatic heterocycles. The van der Waals surface area contributed by atoms with E-state index in [-0.39, 0.29) is 12.5 Å². The first-order chi connectivity index (χ1) is 10.1. The molecule has 2 atom stereocenters. The second-order valence-corrected chi connectivity index (χ2v) is 5.51. The molecule has 112 valence electrons. The van der Waals surface area contributed by atoms with E-state index in [1.165, 1.54) is 23.9 Å². The Morgan fingerprint density at radius 3 is 2.86 bits per heavy atom. The molecule has 0 spiro atoms. The number of nitrogens with zero attached hydrogens (tertiary/aromatic N) is 1. The van der Waals surface area contributed by atoms with Crippen molar-refractivity contribution >= 4 is 23.3 Å². The summed E-state index contributed by atoms with van der Waals surface area (Å²) in [5, 5.41) is 16.3. The number of imidazole rings is 1. The van der Waals surface area contributed by atoms with E-state index in [0.717, 1.165) is 4.88 Å². The third-order valence-electron chi connectivity index (χ3n) is 2.90. The van der Waals surface area contributed by atoms with Crippen LogP contribution in [0.2, 0.25) is 0 Å². The Bertz CT molecular complexity index is 583. The number of urea groups is 1. The van der Waals surface area contributed by atoms with Crippen molar-refractivity contribution in [2.75, 3.05) is 0 Å². The Kier molecular flexibility index (Phi) is 4.94. The van der Waals surface area contributed by atoms with Crippen molar-refractivity contribution in [2.45, 2.75) is 25.4 Å². The average Bonchev–Trinajstić information content (AvgIpc) is 3.10. The Morgan fingerprint density at radius 1 is 1.48 bits per heavy atom. The third-order valence-corrected chi connectivity index (χ3v) is 3.95. The van der Waals surface area contributed by atoms with Gasteiger partial charge in [0.2, 0.25) is 0 Å². The number of carbonyl (C=O) groups is 2. The van der Waals surface area contributed by atoms with Crippen LogP contribution in [-0.2, 0) is 11.2 Å². The highest BCUT2D eigenvalue weighted by atomic mass is 32.1. The van der Waals surface area contributed by atoms with E-state index in [9.17, 15) is 9.59 Å². The molecular weight excluding hydrogens is 292 g/mol. The lowest BCUT2D eigenvalue weighted by Gasteiger charge is -2.17. The van der Waals surface area contributed by atoms with E-state index in [1.807, 2.05) is 24.4 Å². The predicted octanol–water partition coefficient (Wildman–Crippen LogP) is 1.53. The van der Waals surface area contributed by atoms with Gasteiger partial charge in [0, 0.05) is 23.2 Å². The lowest BCUT2D eigenvalue weighted by molar-refractivity contribution is -0.139. The van der Waals surface area contributed by atoms with Gasteiger partial charge in [0.15, 0.2) is 0 Å². The number of aromatic nitrogens is 2. The zero-order chi connectivity index (χ0) is 15.2. The molecule has 2 heterocycles. The number of carboxylic acids is 1. The Morgan fingerprint density at radius 2 is 2.29 bits per heavy atom. The van der Waals surface area contributed by atoms with Crippen LogP contribution in [0.25, 0.3) is 0 Å². The number of amides is 2. The Balaban J connectivity index is 1.90. The maximum atomic E-state index is 11.9. The minimum absolute atomic E-state index is 0.149.